The standard InChI is InChI=1S/C24H22N2O6S/c1-29-17-7-4-6-13-16-12-15(19-8-5-11-33-19)25-26(16)23(32-21(13)17)14-9-10-18(30-2)22(31-3)20(14)24(27)28/h4-11,16,23H,12H2,1-3H3,(H,27,28)/t16-,23+/m1/s1. The Bertz CT molecular complexity index is 1240. The van der Waals surface area contributed by atoms with Crippen LogP contribution in [0.25, 0.3) is 0 Å². The third-order valence-corrected chi connectivity index (χ3v) is 6.78. The largest absolute Gasteiger partial charge is 0.493 e. The molecule has 0 spiro atoms. The molecule has 33 heavy (non-hydrogen) atoms. The number of hydrogen-bond donors (Lipinski definition) is 1. The fourth-order valence-electron chi connectivity index (χ4n) is 4.41. The van der Waals surface area contributed by atoms with Gasteiger partial charge in [-0.25, -0.2) is 9.80 Å². The minimum atomic E-state index is -1.15. The van der Waals surface area contributed by atoms with Crippen molar-refractivity contribution in [2.24, 2.45) is 5.10 Å². The van der Waals surface area contributed by atoms with Gasteiger partial charge in [-0.2, -0.15) is 5.10 Å². The van der Waals surface area contributed by atoms with E-state index in [1.165, 1.54) is 14.2 Å². The molecule has 0 aliphatic carbocycles. The predicted octanol–water partition coefficient (Wildman–Crippen LogP) is 4.71. The molecule has 0 fully saturated rings. The number of hydrogen-bond acceptors (Lipinski definition) is 8. The van der Waals surface area contributed by atoms with Gasteiger partial charge in [0.1, 0.15) is 5.56 Å². The zero-order valence-electron chi connectivity index (χ0n) is 18.3. The summed E-state index contributed by atoms with van der Waals surface area (Å²) < 4.78 is 22.7. The van der Waals surface area contributed by atoms with Crippen LogP contribution in [0.4, 0.5) is 0 Å². The maximum atomic E-state index is 12.4. The maximum Gasteiger partial charge on any atom is 0.340 e. The first-order chi connectivity index (χ1) is 16.1. The van der Waals surface area contributed by atoms with E-state index >= 15 is 0 Å². The highest BCUT2D eigenvalue weighted by atomic mass is 32.1. The molecule has 0 saturated carbocycles. The van der Waals surface area contributed by atoms with Gasteiger partial charge in [0, 0.05) is 17.5 Å². The molecule has 1 aromatic heterocycles. The smallest absolute Gasteiger partial charge is 0.340 e. The zero-order valence-corrected chi connectivity index (χ0v) is 19.1. The van der Waals surface area contributed by atoms with Gasteiger partial charge in [0.2, 0.25) is 6.23 Å². The van der Waals surface area contributed by atoms with Gasteiger partial charge in [-0.1, -0.05) is 18.2 Å². The van der Waals surface area contributed by atoms with E-state index in [0.717, 1.165) is 16.2 Å². The minimum Gasteiger partial charge on any atom is -0.493 e. The fourth-order valence-corrected chi connectivity index (χ4v) is 5.13. The summed E-state index contributed by atoms with van der Waals surface area (Å²) >= 11 is 1.62. The molecule has 5 rings (SSSR count). The number of nitrogens with zero attached hydrogens (tertiary/aromatic N) is 2. The van der Waals surface area contributed by atoms with Crippen molar-refractivity contribution in [2.75, 3.05) is 21.3 Å². The molecule has 3 heterocycles. The number of fused-ring (bicyclic) bond motifs is 3. The van der Waals surface area contributed by atoms with Crippen molar-refractivity contribution < 1.29 is 28.8 Å². The van der Waals surface area contributed by atoms with Gasteiger partial charge in [0.15, 0.2) is 23.0 Å². The van der Waals surface area contributed by atoms with Crippen molar-refractivity contribution in [3.63, 3.8) is 0 Å². The third kappa shape index (κ3) is 3.36. The molecular weight excluding hydrogens is 444 g/mol. The number of methoxy groups -OCH3 is 3. The Balaban J connectivity index is 1.71. The quantitative estimate of drug-likeness (QED) is 0.562. The molecule has 2 atom stereocenters. The topological polar surface area (TPSA) is 89.8 Å². The molecule has 170 valence electrons. The second-order valence-electron chi connectivity index (χ2n) is 7.54. The molecule has 9 heteroatoms. The average Bonchev–Trinajstić information content (AvgIpc) is 3.52. The van der Waals surface area contributed by atoms with Crippen LogP contribution in [0.1, 0.15) is 45.1 Å². The lowest BCUT2D eigenvalue weighted by atomic mass is 9.96. The van der Waals surface area contributed by atoms with Crippen LogP contribution < -0.4 is 18.9 Å². The summed E-state index contributed by atoms with van der Waals surface area (Å²) in [5, 5.41) is 18.8. The lowest BCUT2D eigenvalue weighted by Gasteiger charge is -2.39. The van der Waals surface area contributed by atoms with Gasteiger partial charge in [0.25, 0.3) is 0 Å². The van der Waals surface area contributed by atoms with Crippen molar-refractivity contribution >= 4 is 23.0 Å². The summed E-state index contributed by atoms with van der Waals surface area (Å²) in [6, 6.07) is 13.0. The van der Waals surface area contributed by atoms with Crippen LogP contribution in [0.5, 0.6) is 23.0 Å². The summed E-state index contributed by atoms with van der Waals surface area (Å²) in [5.74, 6) is 0.482. The molecule has 0 amide bonds. The molecule has 8 nitrogen and oxygen atoms in total. The number of carbonyl (C=O) groups is 1. The van der Waals surface area contributed by atoms with E-state index in [0.29, 0.717) is 29.2 Å². The van der Waals surface area contributed by atoms with E-state index in [-0.39, 0.29) is 17.4 Å². The number of benzene rings is 2. The normalized spacial score (nSPS) is 18.6. The van der Waals surface area contributed by atoms with Crippen LogP contribution in [0, 0.1) is 0 Å². The number of carboxylic acids is 1. The van der Waals surface area contributed by atoms with Crippen molar-refractivity contribution in [3.8, 4) is 23.0 Å². The molecule has 0 bridgehead atoms. The van der Waals surface area contributed by atoms with Crippen molar-refractivity contribution in [2.45, 2.75) is 18.7 Å². The van der Waals surface area contributed by atoms with Crippen LogP contribution >= 0.6 is 11.3 Å². The van der Waals surface area contributed by atoms with E-state index < -0.39 is 12.2 Å². The number of para-hydroxylation sites is 1. The Morgan fingerprint density at radius 2 is 1.88 bits per heavy atom. The first-order valence-electron chi connectivity index (χ1n) is 10.3. The van der Waals surface area contributed by atoms with E-state index in [2.05, 4.69) is 0 Å². The van der Waals surface area contributed by atoms with Gasteiger partial charge in [-0.15, -0.1) is 11.3 Å². The zero-order chi connectivity index (χ0) is 23.1. The molecule has 2 aromatic carbocycles. The van der Waals surface area contributed by atoms with E-state index in [4.69, 9.17) is 24.0 Å². The lowest BCUT2D eigenvalue weighted by molar-refractivity contribution is -0.0217. The summed E-state index contributed by atoms with van der Waals surface area (Å²) in [4.78, 5) is 13.4. The monoisotopic (exact) mass is 466 g/mol. The highest BCUT2D eigenvalue weighted by Gasteiger charge is 2.44. The summed E-state index contributed by atoms with van der Waals surface area (Å²) in [6.07, 6.45) is -0.141. The Morgan fingerprint density at radius 1 is 1.06 bits per heavy atom. The second-order valence-corrected chi connectivity index (χ2v) is 8.49. The van der Waals surface area contributed by atoms with Crippen molar-refractivity contribution in [3.05, 3.63) is 69.4 Å². The number of ether oxygens (including phenoxy) is 4. The molecule has 0 unspecified atom stereocenters. The van der Waals surface area contributed by atoms with E-state index in [9.17, 15) is 9.90 Å². The third-order valence-electron chi connectivity index (χ3n) is 5.86. The Morgan fingerprint density at radius 3 is 2.55 bits per heavy atom. The molecule has 1 N–H and O–H groups in total. The van der Waals surface area contributed by atoms with Gasteiger partial charge >= 0.3 is 5.97 Å². The molecular formula is C24H22N2O6S. The van der Waals surface area contributed by atoms with Crippen molar-refractivity contribution in [1.82, 2.24) is 5.01 Å². The van der Waals surface area contributed by atoms with Gasteiger partial charge < -0.3 is 24.1 Å². The van der Waals surface area contributed by atoms with E-state index in [1.807, 2.05) is 40.7 Å². The van der Waals surface area contributed by atoms with Gasteiger partial charge in [-0.3, -0.25) is 0 Å². The first-order valence-corrected chi connectivity index (χ1v) is 11.2. The summed E-state index contributed by atoms with van der Waals surface area (Å²) in [6.45, 7) is 0. The fraction of sp³-hybridized carbons (Fsp3) is 0.250. The number of rotatable bonds is 6. The Labute approximate surface area is 194 Å². The minimum absolute atomic E-state index is 0.0290. The first kappa shape index (κ1) is 21.1. The van der Waals surface area contributed by atoms with E-state index in [1.54, 1.807) is 30.6 Å². The second kappa shape index (κ2) is 8.32. The lowest BCUT2D eigenvalue weighted by Crippen LogP contribution is -2.35. The van der Waals surface area contributed by atoms with Crippen LogP contribution in [0.2, 0.25) is 0 Å². The van der Waals surface area contributed by atoms with Gasteiger partial charge in [-0.05, 0) is 29.6 Å². The highest BCUT2D eigenvalue weighted by molar-refractivity contribution is 7.12. The summed E-state index contributed by atoms with van der Waals surface area (Å²) in [7, 11) is 4.47. The number of aromatic carboxylic acids is 1. The average molecular weight is 467 g/mol. The highest BCUT2D eigenvalue weighted by Crippen LogP contribution is 2.52. The van der Waals surface area contributed by atoms with Crippen LogP contribution in [0.15, 0.2) is 52.9 Å². The van der Waals surface area contributed by atoms with Crippen LogP contribution in [0.3, 0.4) is 0 Å². The molecule has 3 aromatic rings. The van der Waals surface area contributed by atoms with Gasteiger partial charge in [0.05, 0.1) is 38.0 Å². The molecule has 2 aliphatic heterocycles. The molecule has 2 aliphatic rings. The van der Waals surface area contributed by atoms with Crippen molar-refractivity contribution in [1.29, 1.82) is 0 Å². The Hall–Kier alpha value is -3.72. The predicted molar refractivity (Wildman–Crippen MR) is 123 cm³/mol. The number of carboxylic acid groups (broad SMARTS) is 1. The van der Waals surface area contributed by atoms with Crippen LogP contribution in [-0.4, -0.2) is 43.1 Å². The SMILES string of the molecule is COc1cccc2c1O[C@@H](c1ccc(OC)c(OC)c1C(=O)O)N1N=C(c3cccs3)C[C@H]21. The molecule has 0 radical (unpaired) electrons. The number of hydrazone groups is 1. The summed E-state index contributed by atoms with van der Waals surface area (Å²) in [5.41, 5.74) is 2.26. The Kier molecular flexibility index (Phi) is 5.33. The van der Waals surface area contributed by atoms with Crippen LogP contribution in [-0.2, 0) is 0 Å². The number of thiophene rings is 1. The maximum absolute atomic E-state index is 12.4. The molecule has 0 saturated heterocycles.